The van der Waals surface area contributed by atoms with Crippen molar-refractivity contribution in [2.75, 3.05) is 0 Å². The Balaban J connectivity index is 2.03. The number of rotatable bonds is 3. The third-order valence-corrected chi connectivity index (χ3v) is 3.72. The lowest BCUT2D eigenvalue weighted by molar-refractivity contribution is 0.0994. The molecule has 1 heterocycles. The molecule has 2 nitrogen and oxygen atoms in total. The van der Waals surface area contributed by atoms with Gasteiger partial charge in [0.15, 0.2) is 5.78 Å². The van der Waals surface area contributed by atoms with Gasteiger partial charge in [0.25, 0.3) is 0 Å². The number of ketones is 1. The molecule has 0 saturated heterocycles. The first kappa shape index (κ1) is 13.7. The SMILES string of the molecule is O=C(Cc1ccncc1Cl)c1ccc(F)c2ccccc12. The molecule has 1 aromatic heterocycles. The Morgan fingerprint density at radius 2 is 1.86 bits per heavy atom. The molecular weight excluding hydrogens is 289 g/mol. The second-order valence-electron chi connectivity index (χ2n) is 4.71. The van der Waals surface area contributed by atoms with E-state index < -0.39 is 0 Å². The van der Waals surface area contributed by atoms with Crippen LogP contribution in [0.15, 0.2) is 54.9 Å². The van der Waals surface area contributed by atoms with Crippen LogP contribution in [0.25, 0.3) is 10.8 Å². The van der Waals surface area contributed by atoms with E-state index in [4.69, 9.17) is 11.6 Å². The predicted octanol–water partition coefficient (Wildman–Crippen LogP) is 4.45. The molecule has 0 N–H and O–H groups in total. The van der Waals surface area contributed by atoms with Crippen molar-refractivity contribution in [1.82, 2.24) is 4.98 Å². The van der Waals surface area contributed by atoms with Crippen molar-refractivity contribution in [2.24, 2.45) is 0 Å². The first-order valence-corrected chi connectivity index (χ1v) is 6.83. The molecule has 3 aromatic rings. The number of hydrogen-bond acceptors (Lipinski definition) is 2. The van der Waals surface area contributed by atoms with Gasteiger partial charge < -0.3 is 0 Å². The van der Waals surface area contributed by atoms with Crippen molar-refractivity contribution < 1.29 is 9.18 Å². The first-order valence-electron chi connectivity index (χ1n) is 6.45. The number of hydrogen-bond donors (Lipinski definition) is 0. The quantitative estimate of drug-likeness (QED) is 0.669. The highest BCUT2D eigenvalue weighted by Gasteiger charge is 2.14. The highest BCUT2D eigenvalue weighted by Crippen LogP contribution is 2.24. The smallest absolute Gasteiger partial charge is 0.167 e. The lowest BCUT2D eigenvalue weighted by Crippen LogP contribution is -2.05. The van der Waals surface area contributed by atoms with Gasteiger partial charge in [-0.25, -0.2) is 4.39 Å². The number of pyridine rings is 1. The van der Waals surface area contributed by atoms with Crippen LogP contribution in [-0.2, 0) is 6.42 Å². The van der Waals surface area contributed by atoms with Crippen molar-refractivity contribution in [3.63, 3.8) is 0 Å². The minimum Gasteiger partial charge on any atom is -0.294 e. The molecule has 2 aromatic carbocycles. The van der Waals surface area contributed by atoms with E-state index in [1.807, 2.05) is 0 Å². The van der Waals surface area contributed by atoms with E-state index in [0.717, 1.165) is 0 Å². The van der Waals surface area contributed by atoms with Gasteiger partial charge in [-0.3, -0.25) is 9.78 Å². The van der Waals surface area contributed by atoms with Crippen molar-refractivity contribution in [1.29, 1.82) is 0 Å². The molecular formula is C17H11ClFNO. The molecule has 3 rings (SSSR count). The minimum absolute atomic E-state index is 0.0979. The Hall–Kier alpha value is -2.26. The number of aromatic nitrogens is 1. The Kier molecular flexibility index (Phi) is 3.67. The third-order valence-electron chi connectivity index (χ3n) is 3.38. The summed E-state index contributed by atoms with van der Waals surface area (Å²) in [5.74, 6) is -0.427. The summed E-state index contributed by atoms with van der Waals surface area (Å²) in [6, 6.07) is 11.5. The number of fused-ring (bicyclic) bond motifs is 1. The van der Waals surface area contributed by atoms with E-state index in [9.17, 15) is 9.18 Å². The maximum absolute atomic E-state index is 13.8. The highest BCUT2D eigenvalue weighted by atomic mass is 35.5. The molecule has 104 valence electrons. The maximum Gasteiger partial charge on any atom is 0.167 e. The second kappa shape index (κ2) is 5.62. The van der Waals surface area contributed by atoms with Gasteiger partial charge in [0.2, 0.25) is 0 Å². The number of halogens is 2. The number of benzene rings is 2. The van der Waals surface area contributed by atoms with Crippen molar-refractivity contribution in [3.05, 3.63) is 76.8 Å². The van der Waals surface area contributed by atoms with Crippen LogP contribution in [0.5, 0.6) is 0 Å². The third kappa shape index (κ3) is 2.65. The molecule has 0 atom stereocenters. The molecule has 0 radical (unpaired) electrons. The predicted molar refractivity (Wildman–Crippen MR) is 81.2 cm³/mol. The van der Waals surface area contributed by atoms with Gasteiger partial charge in [0, 0.05) is 29.8 Å². The molecule has 0 unspecified atom stereocenters. The number of carbonyl (C=O) groups excluding carboxylic acids is 1. The zero-order valence-corrected chi connectivity index (χ0v) is 11.8. The van der Waals surface area contributed by atoms with E-state index in [-0.39, 0.29) is 18.0 Å². The van der Waals surface area contributed by atoms with Crippen LogP contribution in [0.2, 0.25) is 5.02 Å². The average Bonchev–Trinajstić information content (AvgIpc) is 2.50. The van der Waals surface area contributed by atoms with Crippen molar-refractivity contribution in [3.8, 4) is 0 Å². The summed E-state index contributed by atoms with van der Waals surface area (Å²) < 4.78 is 13.8. The fourth-order valence-corrected chi connectivity index (χ4v) is 2.51. The van der Waals surface area contributed by atoms with Crippen molar-refractivity contribution in [2.45, 2.75) is 6.42 Å². The number of carbonyl (C=O) groups is 1. The lowest BCUT2D eigenvalue weighted by atomic mass is 9.97. The Labute approximate surface area is 126 Å². The zero-order valence-electron chi connectivity index (χ0n) is 11.0. The van der Waals surface area contributed by atoms with E-state index >= 15 is 0 Å². The Bertz CT molecular complexity index is 832. The summed E-state index contributed by atoms with van der Waals surface area (Å²) in [5, 5.41) is 1.52. The summed E-state index contributed by atoms with van der Waals surface area (Å²) in [5.41, 5.74) is 1.21. The Morgan fingerprint density at radius 3 is 2.62 bits per heavy atom. The maximum atomic E-state index is 13.8. The Morgan fingerprint density at radius 1 is 1.10 bits per heavy atom. The zero-order chi connectivity index (χ0) is 14.8. The van der Waals surface area contributed by atoms with Gasteiger partial charge in [-0.2, -0.15) is 0 Å². The standard InChI is InChI=1S/C17H11ClFNO/c18-15-10-20-8-7-11(15)9-17(21)14-5-6-16(19)13-4-2-1-3-12(13)14/h1-8,10H,9H2. The summed E-state index contributed by atoms with van der Waals surface area (Å²) in [4.78, 5) is 16.4. The van der Waals surface area contributed by atoms with E-state index in [2.05, 4.69) is 4.98 Å². The first-order chi connectivity index (χ1) is 10.2. The van der Waals surface area contributed by atoms with Gasteiger partial charge in [-0.15, -0.1) is 0 Å². The van der Waals surface area contributed by atoms with Crippen LogP contribution < -0.4 is 0 Å². The average molecular weight is 300 g/mol. The van der Waals surface area contributed by atoms with Crippen molar-refractivity contribution >= 4 is 28.2 Å². The van der Waals surface area contributed by atoms with Gasteiger partial charge in [0.1, 0.15) is 5.82 Å². The highest BCUT2D eigenvalue weighted by molar-refractivity contribution is 6.31. The molecule has 0 aliphatic rings. The van der Waals surface area contributed by atoms with Crippen LogP contribution in [0, 0.1) is 5.82 Å². The molecule has 0 bridgehead atoms. The molecule has 0 amide bonds. The summed E-state index contributed by atoms with van der Waals surface area (Å²) in [6.07, 6.45) is 3.27. The molecule has 21 heavy (non-hydrogen) atoms. The summed E-state index contributed by atoms with van der Waals surface area (Å²) in [7, 11) is 0. The molecule has 0 saturated carbocycles. The molecule has 0 aliphatic carbocycles. The van der Waals surface area contributed by atoms with Gasteiger partial charge in [0.05, 0.1) is 5.02 Å². The minimum atomic E-state index is -0.330. The largest absolute Gasteiger partial charge is 0.294 e. The van der Waals surface area contributed by atoms with E-state index in [0.29, 0.717) is 26.9 Å². The van der Waals surface area contributed by atoms with Gasteiger partial charge in [-0.1, -0.05) is 35.9 Å². The molecule has 0 spiro atoms. The molecule has 0 aliphatic heterocycles. The fourth-order valence-electron chi connectivity index (χ4n) is 2.32. The molecule has 4 heteroatoms. The van der Waals surface area contributed by atoms with Crippen LogP contribution >= 0.6 is 11.6 Å². The van der Waals surface area contributed by atoms with Crippen LogP contribution in [0.1, 0.15) is 15.9 Å². The number of nitrogens with zero attached hydrogens (tertiary/aromatic N) is 1. The normalized spacial score (nSPS) is 10.8. The summed E-state index contributed by atoms with van der Waals surface area (Å²) >= 11 is 6.02. The lowest BCUT2D eigenvalue weighted by Gasteiger charge is -2.07. The fraction of sp³-hybridized carbons (Fsp3) is 0.0588. The number of Topliss-reactive ketones (excluding diaryl/α,β-unsaturated/α-hetero) is 1. The summed E-state index contributed by atoms with van der Waals surface area (Å²) in [6.45, 7) is 0. The van der Waals surface area contributed by atoms with Crippen LogP contribution in [-0.4, -0.2) is 10.8 Å². The van der Waals surface area contributed by atoms with E-state index in [1.165, 1.54) is 18.3 Å². The van der Waals surface area contributed by atoms with Gasteiger partial charge >= 0.3 is 0 Å². The van der Waals surface area contributed by atoms with Crippen LogP contribution in [0.4, 0.5) is 4.39 Å². The topological polar surface area (TPSA) is 30.0 Å². The van der Waals surface area contributed by atoms with Crippen LogP contribution in [0.3, 0.4) is 0 Å². The monoisotopic (exact) mass is 299 g/mol. The van der Waals surface area contributed by atoms with E-state index in [1.54, 1.807) is 36.5 Å². The van der Waals surface area contributed by atoms with Gasteiger partial charge in [-0.05, 0) is 29.1 Å². The molecule has 0 fully saturated rings. The second-order valence-corrected chi connectivity index (χ2v) is 5.11.